The van der Waals surface area contributed by atoms with Crippen molar-refractivity contribution in [2.24, 2.45) is 0 Å². The Hall–Kier alpha value is -3.71. The molecule has 1 saturated carbocycles. The number of amides is 1. The molecule has 1 fully saturated rings. The first kappa shape index (κ1) is 28.8. The van der Waals surface area contributed by atoms with E-state index in [-0.39, 0.29) is 47.1 Å². The Labute approximate surface area is 237 Å². The zero-order valence-electron chi connectivity index (χ0n) is 22.8. The molecule has 1 aliphatic carbocycles. The quantitative estimate of drug-likeness (QED) is 0.246. The van der Waals surface area contributed by atoms with Crippen LogP contribution in [0.1, 0.15) is 45.8 Å². The number of nitrogens with one attached hydrogen (secondary N) is 1. The molecule has 0 atom stereocenters. The van der Waals surface area contributed by atoms with Crippen LogP contribution in [-0.4, -0.2) is 51.9 Å². The van der Waals surface area contributed by atoms with Crippen LogP contribution in [0.4, 0.5) is 10.1 Å². The number of methoxy groups -OCH3 is 1. The van der Waals surface area contributed by atoms with Crippen molar-refractivity contribution in [2.75, 3.05) is 24.7 Å². The largest absolute Gasteiger partial charge is 0.488 e. The predicted molar refractivity (Wildman–Crippen MR) is 155 cm³/mol. The van der Waals surface area contributed by atoms with Crippen molar-refractivity contribution in [3.05, 3.63) is 82.7 Å². The minimum Gasteiger partial charge on any atom is -0.453 e. The minimum atomic E-state index is -3.89. The van der Waals surface area contributed by atoms with E-state index < -0.39 is 28.9 Å². The third-order valence-corrected chi connectivity index (χ3v) is 8.31. The summed E-state index contributed by atoms with van der Waals surface area (Å²) in [5.41, 5.74) is 3.39. The molecule has 0 spiro atoms. The van der Waals surface area contributed by atoms with Crippen LogP contribution in [0.2, 0.25) is 0 Å². The normalized spacial score (nSPS) is 13.4. The number of hydrogen-bond donors (Lipinski definition) is 3. The number of halogens is 1. The van der Waals surface area contributed by atoms with Gasteiger partial charge in [-0.25, -0.2) is 12.8 Å². The monoisotopic (exact) mass is 580 g/mol. The molecule has 4 aromatic rings. The molecule has 9 nitrogen and oxygen atoms in total. The summed E-state index contributed by atoms with van der Waals surface area (Å²) in [4.78, 5) is 13.2. The van der Waals surface area contributed by atoms with E-state index in [1.807, 2.05) is 6.07 Å². The topological polar surface area (TPSA) is 129 Å². The van der Waals surface area contributed by atoms with Crippen molar-refractivity contribution < 1.29 is 36.8 Å². The number of fused-ring (bicyclic) bond motifs is 1. The van der Waals surface area contributed by atoms with E-state index >= 15 is 0 Å². The Morgan fingerprint density at radius 3 is 2.44 bits per heavy atom. The molecule has 41 heavy (non-hydrogen) atoms. The number of carbonyl (C=O) groups is 1. The van der Waals surface area contributed by atoms with Crippen LogP contribution in [0.15, 0.2) is 59.0 Å². The van der Waals surface area contributed by atoms with Crippen molar-refractivity contribution in [1.29, 1.82) is 0 Å². The second-order valence-electron chi connectivity index (χ2n) is 10.2. The molecule has 0 radical (unpaired) electrons. The molecule has 3 N–H and O–H groups in total. The van der Waals surface area contributed by atoms with E-state index in [9.17, 15) is 27.7 Å². The van der Waals surface area contributed by atoms with Crippen LogP contribution in [0, 0.1) is 5.82 Å². The van der Waals surface area contributed by atoms with Gasteiger partial charge < -0.3 is 24.5 Å². The summed E-state index contributed by atoms with van der Waals surface area (Å²) in [7, 11) is -2.63. The zero-order valence-corrected chi connectivity index (χ0v) is 23.7. The van der Waals surface area contributed by atoms with Gasteiger partial charge in [0.1, 0.15) is 11.6 Å². The summed E-state index contributed by atoms with van der Waals surface area (Å²) < 4.78 is 53.0. The highest BCUT2D eigenvalue weighted by Gasteiger charge is 2.32. The van der Waals surface area contributed by atoms with E-state index in [1.165, 1.54) is 48.8 Å². The number of benzene rings is 3. The lowest BCUT2D eigenvalue weighted by molar-refractivity contribution is 0.0964. The molecule has 1 aliphatic rings. The molecule has 1 aromatic heterocycles. The maximum atomic E-state index is 13.7. The average Bonchev–Trinajstić information content (AvgIpc) is 3.71. The predicted octanol–water partition coefficient (Wildman–Crippen LogP) is 3.27. The van der Waals surface area contributed by atoms with Crippen molar-refractivity contribution in [1.82, 2.24) is 5.32 Å². The molecule has 214 valence electrons. The number of sulfonamides is 1. The van der Waals surface area contributed by atoms with Crippen LogP contribution in [0.5, 0.6) is 0 Å². The molecular formula is C29H30BFN2O7S. The number of anilines is 1. The first-order valence-corrected chi connectivity index (χ1v) is 14.9. The van der Waals surface area contributed by atoms with E-state index in [1.54, 1.807) is 18.2 Å². The molecule has 5 rings (SSSR count). The van der Waals surface area contributed by atoms with Gasteiger partial charge in [-0.15, -0.1) is 0 Å². The number of ether oxygens (including phenoxy) is 1. The lowest BCUT2D eigenvalue weighted by atomic mass is 9.76. The molecule has 0 aliphatic heterocycles. The van der Waals surface area contributed by atoms with E-state index in [0.717, 1.165) is 24.7 Å². The fourth-order valence-corrected chi connectivity index (χ4v) is 5.91. The Kier molecular flexibility index (Phi) is 7.93. The average molecular weight is 580 g/mol. The van der Waals surface area contributed by atoms with Crippen LogP contribution < -0.4 is 15.1 Å². The second-order valence-corrected chi connectivity index (χ2v) is 12.1. The second kappa shape index (κ2) is 11.3. The standard InChI is InChI=1S/C29H30BFN2O7S/c1-32-29(34)26-23-13-20(18-5-6-18)14-25(28(23)40-27(26)19-7-9-22(31)10-8-19)33(41(3,37)38)15-17-4-11-24(30(35)36)21(12-17)16-39-2/h4,7-14,18,35-36H,5-6,15-16H2,1-3H3,(H,32,34). The van der Waals surface area contributed by atoms with Gasteiger partial charge in [0.05, 0.1) is 30.7 Å². The third-order valence-electron chi connectivity index (χ3n) is 7.18. The third kappa shape index (κ3) is 5.87. The number of hydrogen-bond acceptors (Lipinski definition) is 7. The van der Waals surface area contributed by atoms with Gasteiger partial charge >= 0.3 is 7.12 Å². The van der Waals surface area contributed by atoms with Crippen LogP contribution >= 0.6 is 0 Å². The van der Waals surface area contributed by atoms with Gasteiger partial charge in [0.25, 0.3) is 5.91 Å². The lowest BCUT2D eigenvalue weighted by Crippen LogP contribution is -2.34. The first-order valence-electron chi connectivity index (χ1n) is 13.0. The maximum absolute atomic E-state index is 13.7. The van der Waals surface area contributed by atoms with Gasteiger partial charge in [-0.1, -0.05) is 18.2 Å². The highest BCUT2D eigenvalue weighted by atomic mass is 32.2. The summed E-state index contributed by atoms with van der Waals surface area (Å²) in [6.45, 7) is -0.00174. The van der Waals surface area contributed by atoms with E-state index in [0.29, 0.717) is 22.1 Å². The first-order chi connectivity index (χ1) is 19.5. The fraction of sp³-hybridized carbons (Fsp3) is 0.276. The molecule has 0 unspecified atom stereocenters. The number of rotatable bonds is 10. The molecule has 1 heterocycles. The van der Waals surface area contributed by atoms with Gasteiger partial charge in [0.2, 0.25) is 10.0 Å². The summed E-state index contributed by atoms with van der Waals surface area (Å²) >= 11 is 0. The zero-order chi connectivity index (χ0) is 29.5. The molecule has 12 heteroatoms. The van der Waals surface area contributed by atoms with Crippen molar-refractivity contribution >= 4 is 45.2 Å². The Morgan fingerprint density at radius 1 is 1.15 bits per heavy atom. The van der Waals surface area contributed by atoms with Crippen LogP contribution in [-0.2, 0) is 27.9 Å². The van der Waals surface area contributed by atoms with E-state index in [2.05, 4.69) is 5.32 Å². The molecular weight excluding hydrogens is 550 g/mol. The van der Waals surface area contributed by atoms with Gasteiger partial charge in [-0.2, -0.15) is 0 Å². The van der Waals surface area contributed by atoms with Crippen molar-refractivity contribution in [2.45, 2.75) is 31.9 Å². The fourth-order valence-electron chi connectivity index (χ4n) is 5.03. The maximum Gasteiger partial charge on any atom is 0.488 e. The highest BCUT2D eigenvalue weighted by Crippen LogP contribution is 2.46. The lowest BCUT2D eigenvalue weighted by Gasteiger charge is -2.24. The van der Waals surface area contributed by atoms with Gasteiger partial charge in [0, 0.05) is 25.1 Å². The summed E-state index contributed by atoms with van der Waals surface area (Å²) in [5, 5.41) is 22.6. The Bertz CT molecular complexity index is 1720. The molecule has 3 aromatic carbocycles. The highest BCUT2D eigenvalue weighted by molar-refractivity contribution is 7.92. The Balaban J connectivity index is 1.73. The van der Waals surface area contributed by atoms with Gasteiger partial charge in [0.15, 0.2) is 5.58 Å². The summed E-state index contributed by atoms with van der Waals surface area (Å²) in [6, 6.07) is 14.0. The number of nitrogens with zero attached hydrogens (tertiary/aromatic N) is 1. The number of carbonyl (C=O) groups excluding carboxylic acids is 1. The van der Waals surface area contributed by atoms with E-state index in [4.69, 9.17) is 9.15 Å². The summed E-state index contributed by atoms with van der Waals surface area (Å²) in [5.74, 6) is -0.445. The summed E-state index contributed by atoms with van der Waals surface area (Å²) in [6.07, 6.45) is 2.97. The SMILES string of the molecule is CNC(=O)c1c(-c2ccc(F)cc2)oc2c(N(Cc3ccc(B(O)O)c(COC)c3)S(C)(=O)=O)cc(C3CC3)cc12. The van der Waals surface area contributed by atoms with Gasteiger partial charge in [-0.05, 0) is 77.3 Å². The van der Waals surface area contributed by atoms with Crippen molar-refractivity contribution in [3.63, 3.8) is 0 Å². The Morgan fingerprint density at radius 2 is 1.85 bits per heavy atom. The van der Waals surface area contributed by atoms with Gasteiger partial charge in [-0.3, -0.25) is 9.10 Å². The van der Waals surface area contributed by atoms with Crippen molar-refractivity contribution in [3.8, 4) is 11.3 Å². The molecule has 0 saturated heterocycles. The smallest absolute Gasteiger partial charge is 0.453 e. The van der Waals surface area contributed by atoms with Crippen LogP contribution in [0.25, 0.3) is 22.3 Å². The van der Waals surface area contributed by atoms with Crippen LogP contribution in [0.3, 0.4) is 0 Å². The number of furan rings is 1. The molecule has 1 amide bonds. The molecule has 0 bridgehead atoms. The minimum absolute atomic E-state index is 0.0930.